The van der Waals surface area contributed by atoms with Gasteiger partial charge < -0.3 is 19.4 Å². The van der Waals surface area contributed by atoms with Gasteiger partial charge in [-0.3, -0.25) is 4.79 Å². The maximum Gasteiger partial charge on any atom is 0.341 e. The number of esters is 1. The van der Waals surface area contributed by atoms with Gasteiger partial charge in [0.25, 0.3) is 0 Å². The Morgan fingerprint density at radius 1 is 1.16 bits per heavy atom. The molecule has 4 aromatic rings. The Morgan fingerprint density at radius 3 is 2.58 bits per heavy atom. The molecule has 0 saturated heterocycles. The van der Waals surface area contributed by atoms with Crippen molar-refractivity contribution in [2.75, 3.05) is 18.2 Å². The number of thioether (sulfide) groups is 1. The van der Waals surface area contributed by atoms with E-state index in [4.69, 9.17) is 9.47 Å². The summed E-state index contributed by atoms with van der Waals surface area (Å²) in [4.78, 5) is 25.4. The third kappa shape index (κ3) is 6.05. The van der Waals surface area contributed by atoms with E-state index < -0.39 is 5.97 Å². The SMILES string of the molecule is CCn1c(SCC(=O)Nc2scc(-c3ccc(F)cc3)c2C(=O)OC)nnc1C(C)Oc1ccccc1C. The summed E-state index contributed by atoms with van der Waals surface area (Å²) in [5, 5.41) is 14.1. The number of benzene rings is 2. The smallest absolute Gasteiger partial charge is 0.341 e. The average molecular weight is 555 g/mol. The summed E-state index contributed by atoms with van der Waals surface area (Å²) in [6, 6.07) is 13.5. The van der Waals surface area contributed by atoms with Gasteiger partial charge in [0.1, 0.15) is 22.1 Å². The van der Waals surface area contributed by atoms with E-state index in [0.29, 0.717) is 33.7 Å². The molecule has 198 valence electrons. The molecule has 8 nitrogen and oxygen atoms in total. The van der Waals surface area contributed by atoms with E-state index >= 15 is 0 Å². The van der Waals surface area contributed by atoms with Crippen molar-refractivity contribution >= 4 is 40.0 Å². The van der Waals surface area contributed by atoms with Crippen molar-refractivity contribution in [3.63, 3.8) is 0 Å². The summed E-state index contributed by atoms with van der Waals surface area (Å²) in [5.41, 5.74) is 2.45. The summed E-state index contributed by atoms with van der Waals surface area (Å²) in [7, 11) is 1.27. The lowest BCUT2D eigenvalue weighted by Gasteiger charge is -2.17. The Morgan fingerprint density at radius 2 is 1.89 bits per heavy atom. The molecule has 2 heterocycles. The van der Waals surface area contributed by atoms with Gasteiger partial charge in [-0.2, -0.15) is 0 Å². The number of nitrogens with zero attached hydrogens (tertiary/aromatic N) is 3. The predicted molar refractivity (Wildman–Crippen MR) is 146 cm³/mol. The number of methoxy groups -OCH3 is 1. The molecule has 1 amide bonds. The topological polar surface area (TPSA) is 95.3 Å². The van der Waals surface area contributed by atoms with Crippen molar-refractivity contribution in [2.24, 2.45) is 0 Å². The molecule has 0 aliphatic rings. The van der Waals surface area contributed by atoms with Crippen LogP contribution in [0.2, 0.25) is 0 Å². The highest BCUT2D eigenvalue weighted by molar-refractivity contribution is 7.99. The number of halogens is 1. The number of hydrogen-bond donors (Lipinski definition) is 1. The highest BCUT2D eigenvalue weighted by atomic mass is 32.2. The molecular weight excluding hydrogens is 527 g/mol. The first-order valence-electron chi connectivity index (χ1n) is 11.9. The van der Waals surface area contributed by atoms with Crippen LogP contribution in [0.1, 0.15) is 41.7 Å². The molecule has 2 aromatic carbocycles. The standard InChI is InChI=1S/C27H27FN4O4S2/c1-5-32-24(17(3)36-21-9-7-6-8-16(21)2)30-31-27(32)38-15-22(33)29-25-23(26(34)35-4)20(14-37-25)18-10-12-19(28)13-11-18/h6-14,17H,5,15H2,1-4H3,(H,29,33). The summed E-state index contributed by atoms with van der Waals surface area (Å²) < 4.78 is 26.3. The van der Waals surface area contributed by atoms with Crippen LogP contribution in [0.5, 0.6) is 5.75 Å². The Hall–Kier alpha value is -3.70. The van der Waals surface area contributed by atoms with Crippen LogP contribution in [0.15, 0.2) is 59.1 Å². The fourth-order valence-electron chi connectivity index (χ4n) is 3.83. The molecule has 1 atom stereocenters. The minimum absolute atomic E-state index is 0.0511. The highest BCUT2D eigenvalue weighted by Crippen LogP contribution is 2.36. The summed E-state index contributed by atoms with van der Waals surface area (Å²) in [6.45, 7) is 6.47. The van der Waals surface area contributed by atoms with Gasteiger partial charge >= 0.3 is 5.97 Å². The lowest BCUT2D eigenvalue weighted by atomic mass is 10.0. The summed E-state index contributed by atoms with van der Waals surface area (Å²) in [5.74, 6) is 0.199. The number of aromatic nitrogens is 3. The van der Waals surface area contributed by atoms with Crippen LogP contribution in [0.25, 0.3) is 11.1 Å². The van der Waals surface area contributed by atoms with Gasteiger partial charge in [-0.25, -0.2) is 9.18 Å². The van der Waals surface area contributed by atoms with Crippen LogP contribution >= 0.6 is 23.1 Å². The first-order chi connectivity index (χ1) is 18.3. The number of thiophene rings is 1. The van der Waals surface area contributed by atoms with Gasteiger partial charge in [-0.15, -0.1) is 21.5 Å². The molecule has 1 N–H and O–H groups in total. The van der Waals surface area contributed by atoms with Crippen molar-refractivity contribution in [1.29, 1.82) is 0 Å². The zero-order chi connectivity index (χ0) is 27.2. The van der Waals surface area contributed by atoms with Crippen LogP contribution in [-0.2, 0) is 16.1 Å². The molecule has 2 aromatic heterocycles. The number of ether oxygens (including phenoxy) is 2. The van der Waals surface area contributed by atoms with Crippen LogP contribution in [0, 0.1) is 12.7 Å². The summed E-state index contributed by atoms with van der Waals surface area (Å²) in [6.07, 6.45) is -0.342. The van der Waals surface area contributed by atoms with Crippen LogP contribution in [0.3, 0.4) is 0 Å². The molecule has 4 rings (SSSR count). The first kappa shape index (κ1) is 27.3. The van der Waals surface area contributed by atoms with Crippen molar-refractivity contribution in [2.45, 2.75) is 38.6 Å². The number of amides is 1. The Balaban J connectivity index is 1.46. The minimum atomic E-state index is -0.591. The lowest BCUT2D eigenvalue weighted by Crippen LogP contribution is -2.17. The van der Waals surface area contributed by atoms with Crippen molar-refractivity contribution in [3.8, 4) is 16.9 Å². The number of anilines is 1. The van der Waals surface area contributed by atoms with E-state index in [0.717, 1.165) is 11.3 Å². The van der Waals surface area contributed by atoms with Gasteiger partial charge in [0.2, 0.25) is 5.91 Å². The van der Waals surface area contributed by atoms with Gasteiger partial charge in [0.15, 0.2) is 17.1 Å². The van der Waals surface area contributed by atoms with Gasteiger partial charge in [0.05, 0.1) is 12.9 Å². The van der Waals surface area contributed by atoms with Crippen molar-refractivity contribution in [1.82, 2.24) is 14.8 Å². The predicted octanol–water partition coefficient (Wildman–Crippen LogP) is 6.13. The quantitative estimate of drug-likeness (QED) is 0.186. The van der Waals surface area contributed by atoms with E-state index in [2.05, 4.69) is 15.5 Å². The molecule has 0 bridgehead atoms. The number of carbonyl (C=O) groups is 2. The van der Waals surface area contributed by atoms with Crippen LogP contribution in [-0.4, -0.2) is 39.5 Å². The van der Waals surface area contributed by atoms with Crippen LogP contribution in [0.4, 0.5) is 9.39 Å². The third-order valence-electron chi connectivity index (χ3n) is 5.74. The number of carbonyl (C=O) groups excluding carboxylic acids is 2. The van der Waals surface area contributed by atoms with Crippen molar-refractivity contribution < 1.29 is 23.5 Å². The number of nitrogens with one attached hydrogen (secondary N) is 1. The average Bonchev–Trinajstić information content (AvgIpc) is 3.52. The molecule has 0 aliphatic carbocycles. The highest BCUT2D eigenvalue weighted by Gasteiger charge is 2.24. The zero-order valence-electron chi connectivity index (χ0n) is 21.4. The van der Waals surface area contributed by atoms with Gasteiger partial charge in [-0.05, 0) is 50.1 Å². The van der Waals surface area contributed by atoms with Crippen LogP contribution < -0.4 is 10.1 Å². The number of aryl methyl sites for hydroxylation is 1. The van der Waals surface area contributed by atoms with Gasteiger partial charge in [0, 0.05) is 17.5 Å². The number of para-hydroxylation sites is 1. The second-order valence-electron chi connectivity index (χ2n) is 8.30. The normalized spacial score (nSPS) is 11.7. The Bertz CT molecular complexity index is 1440. The second kappa shape index (κ2) is 12.2. The fourth-order valence-corrected chi connectivity index (χ4v) is 5.61. The number of hydrogen-bond acceptors (Lipinski definition) is 8. The summed E-state index contributed by atoms with van der Waals surface area (Å²) >= 11 is 2.44. The Labute approximate surface area is 228 Å². The van der Waals surface area contributed by atoms with E-state index in [1.54, 1.807) is 17.5 Å². The van der Waals surface area contributed by atoms with E-state index in [1.165, 1.54) is 42.3 Å². The molecule has 0 radical (unpaired) electrons. The molecule has 1 unspecified atom stereocenters. The van der Waals surface area contributed by atoms with E-state index in [9.17, 15) is 14.0 Å². The van der Waals surface area contributed by atoms with Crippen molar-refractivity contribution in [3.05, 3.63) is 76.7 Å². The monoisotopic (exact) mass is 554 g/mol. The minimum Gasteiger partial charge on any atom is -0.482 e. The molecule has 0 fully saturated rings. The molecule has 0 spiro atoms. The maximum absolute atomic E-state index is 13.4. The molecule has 0 saturated carbocycles. The fraction of sp³-hybridized carbons (Fsp3) is 0.259. The largest absolute Gasteiger partial charge is 0.482 e. The third-order valence-corrected chi connectivity index (χ3v) is 7.61. The Kier molecular flexibility index (Phi) is 8.80. The molecular formula is C27H27FN4O4S2. The zero-order valence-corrected chi connectivity index (χ0v) is 23.0. The molecule has 11 heteroatoms. The number of rotatable bonds is 10. The molecule has 38 heavy (non-hydrogen) atoms. The molecule has 0 aliphatic heterocycles. The van der Waals surface area contributed by atoms with E-state index in [-0.39, 0.29) is 29.1 Å². The van der Waals surface area contributed by atoms with E-state index in [1.807, 2.05) is 49.6 Å². The lowest BCUT2D eigenvalue weighted by molar-refractivity contribution is -0.113. The maximum atomic E-state index is 13.4. The second-order valence-corrected chi connectivity index (χ2v) is 10.1. The first-order valence-corrected chi connectivity index (χ1v) is 13.7. The van der Waals surface area contributed by atoms with Gasteiger partial charge in [-0.1, -0.05) is 42.1 Å².